The standard InChI is InChI=1S/C11H11F3N2/c12-11(13,14)10-8(5-6-15)7-3-1-2-4-9(7)16-10/h1-4,16H,5-6,15H2. The summed E-state index contributed by atoms with van der Waals surface area (Å²) in [5.41, 5.74) is 5.41. The first-order chi connectivity index (χ1) is 7.54. The van der Waals surface area contributed by atoms with Crippen LogP contribution in [-0.2, 0) is 12.6 Å². The van der Waals surface area contributed by atoms with Crippen LogP contribution < -0.4 is 5.73 Å². The van der Waals surface area contributed by atoms with Gasteiger partial charge in [0.05, 0.1) is 0 Å². The summed E-state index contributed by atoms with van der Waals surface area (Å²) in [5.74, 6) is 0. The topological polar surface area (TPSA) is 41.8 Å². The van der Waals surface area contributed by atoms with Gasteiger partial charge in [-0.25, -0.2) is 0 Å². The van der Waals surface area contributed by atoms with Crippen molar-refractivity contribution in [3.63, 3.8) is 0 Å². The number of fused-ring (bicyclic) bond motifs is 1. The Labute approximate surface area is 90.3 Å². The fourth-order valence-corrected chi connectivity index (χ4v) is 1.85. The third-order valence-electron chi connectivity index (χ3n) is 2.49. The first kappa shape index (κ1) is 11.0. The molecule has 5 heteroatoms. The molecule has 0 bridgehead atoms. The van der Waals surface area contributed by atoms with E-state index in [1.54, 1.807) is 24.3 Å². The Morgan fingerprint density at radius 3 is 2.50 bits per heavy atom. The SMILES string of the molecule is NCCc1c(C(F)(F)F)[nH]c2ccccc12. The summed E-state index contributed by atoms with van der Waals surface area (Å²) in [7, 11) is 0. The smallest absolute Gasteiger partial charge is 0.351 e. The van der Waals surface area contributed by atoms with E-state index in [-0.39, 0.29) is 18.5 Å². The molecule has 2 nitrogen and oxygen atoms in total. The van der Waals surface area contributed by atoms with Crippen LogP contribution in [0.2, 0.25) is 0 Å². The summed E-state index contributed by atoms with van der Waals surface area (Å²) in [6, 6.07) is 6.72. The largest absolute Gasteiger partial charge is 0.431 e. The van der Waals surface area contributed by atoms with E-state index in [9.17, 15) is 13.2 Å². The zero-order valence-electron chi connectivity index (χ0n) is 8.43. The number of hydrogen-bond donors (Lipinski definition) is 2. The van der Waals surface area contributed by atoms with Crippen LogP contribution in [0, 0.1) is 0 Å². The van der Waals surface area contributed by atoms with E-state index in [4.69, 9.17) is 5.73 Å². The Kier molecular flexibility index (Phi) is 2.63. The van der Waals surface area contributed by atoms with E-state index in [0.29, 0.717) is 10.9 Å². The summed E-state index contributed by atoms with van der Waals surface area (Å²) in [6.07, 6.45) is -4.14. The van der Waals surface area contributed by atoms with Gasteiger partial charge in [0.15, 0.2) is 0 Å². The third kappa shape index (κ3) is 1.78. The molecule has 16 heavy (non-hydrogen) atoms. The number of halogens is 3. The average Bonchev–Trinajstić information content (AvgIpc) is 2.58. The lowest BCUT2D eigenvalue weighted by Gasteiger charge is -2.07. The molecule has 2 rings (SSSR count). The first-order valence-corrected chi connectivity index (χ1v) is 4.91. The molecule has 0 atom stereocenters. The molecule has 1 aromatic heterocycles. The molecular formula is C11H11F3N2. The van der Waals surface area contributed by atoms with E-state index in [0.717, 1.165) is 0 Å². The molecule has 86 valence electrons. The van der Waals surface area contributed by atoms with Crippen LogP contribution in [-0.4, -0.2) is 11.5 Å². The van der Waals surface area contributed by atoms with Crippen LogP contribution in [0.25, 0.3) is 10.9 Å². The molecule has 1 heterocycles. The minimum atomic E-state index is -4.36. The number of benzene rings is 1. The number of para-hydroxylation sites is 1. The Hall–Kier alpha value is -1.49. The van der Waals surface area contributed by atoms with Crippen molar-refractivity contribution < 1.29 is 13.2 Å². The van der Waals surface area contributed by atoms with Crippen molar-refractivity contribution in [2.75, 3.05) is 6.54 Å². The minimum absolute atomic E-state index is 0.199. The van der Waals surface area contributed by atoms with Crippen molar-refractivity contribution >= 4 is 10.9 Å². The molecule has 0 spiro atoms. The molecule has 0 amide bonds. The summed E-state index contributed by atoms with van der Waals surface area (Å²) >= 11 is 0. The van der Waals surface area contributed by atoms with Gasteiger partial charge >= 0.3 is 6.18 Å². The van der Waals surface area contributed by atoms with Crippen molar-refractivity contribution in [1.82, 2.24) is 4.98 Å². The molecule has 0 saturated heterocycles. The maximum Gasteiger partial charge on any atom is 0.431 e. The van der Waals surface area contributed by atoms with Crippen LogP contribution in [0.3, 0.4) is 0 Å². The predicted octanol–water partition coefficient (Wildman–Crippen LogP) is 2.69. The lowest BCUT2D eigenvalue weighted by molar-refractivity contribution is -0.141. The van der Waals surface area contributed by atoms with Gasteiger partial charge in [0.2, 0.25) is 0 Å². The normalized spacial score (nSPS) is 12.2. The average molecular weight is 228 g/mol. The molecule has 0 radical (unpaired) electrons. The van der Waals surface area contributed by atoms with Crippen molar-refractivity contribution in [1.29, 1.82) is 0 Å². The lowest BCUT2D eigenvalue weighted by Crippen LogP contribution is -2.11. The summed E-state index contributed by atoms with van der Waals surface area (Å²) in [6.45, 7) is 0.199. The molecule has 0 aliphatic carbocycles. The maximum absolute atomic E-state index is 12.7. The van der Waals surface area contributed by atoms with Gasteiger partial charge < -0.3 is 10.7 Å². The van der Waals surface area contributed by atoms with Crippen LogP contribution in [0.5, 0.6) is 0 Å². The quantitative estimate of drug-likeness (QED) is 0.815. The second-order valence-corrected chi connectivity index (χ2v) is 3.56. The number of rotatable bonds is 2. The van der Waals surface area contributed by atoms with Gasteiger partial charge in [-0.1, -0.05) is 18.2 Å². The fourth-order valence-electron chi connectivity index (χ4n) is 1.85. The first-order valence-electron chi connectivity index (χ1n) is 4.91. The summed E-state index contributed by atoms with van der Waals surface area (Å²) in [4.78, 5) is 2.41. The van der Waals surface area contributed by atoms with Gasteiger partial charge in [-0.05, 0) is 24.6 Å². The second kappa shape index (κ2) is 3.83. The molecule has 0 saturated carbocycles. The Balaban J connectivity index is 2.68. The van der Waals surface area contributed by atoms with Crippen molar-refractivity contribution in [3.8, 4) is 0 Å². The monoisotopic (exact) mass is 228 g/mol. The van der Waals surface area contributed by atoms with Crippen molar-refractivity contribution in [2.45, 2.75) is 12.6 Å². The van der Waals surface area contributed by atoms with Gasteiger partial charge in [-0.15, -0.1) is 0 Å². The molecule has 0 unspecified atom stereocenters. The Morgan fingerprint density at radius 1 is 1.19 bits per heavy atom. The minimum Gasteiger partial charge on any atom is -0.351 e. The summed E-state index contributed by atoms with van der Waals surface area (Å²) < 4.78 is 38.2. The highest BCUT2D eigenvalue weighted by Gasteiger charge is 2.35. The third-order valence-corrected chi connectivity index (χ3v) is 2.49. The van der Waals surface area contributed by atoms with E-state index in [2.05, 4.69) is 4.98 Å². The fraction of sp³-hybridized carbons (Fsp3) is 0.273. The summed E-state index contributed by atoms with van der Waals surface area (Å²) in [5, 5.41) is 0.597. The van der Waals surface area contributed by atoms with Crippen molar-refractivity contribution in [3.05, 3.63) is 35.5 Å². The van der Waals surface area contributed by atoms with Gasteiger partial charge in [0, 0.05) is 10.9 Å². The highest BCUT2D eigenvalue weighted by atomic mass is 19.4. The molecule has 3 N–H and O–H groups in total. The van der Waals surface area contributed by atoms with E-state index in [1.165, 1.54) is 0 Å². The van der Waals surface area contributed by atoms with Gasteiger partial charge in [-0.2, -0.15) is 13.2 Å². The Bertz CT molecular complexity index is 499. The number of aromatic nitrogens is 1. The second-order valence-electron chi connectivity index (χ2n) is 3.56. The zero-order valence-corrected chi connectivity index (χ0v) is 8.43. The number of nitrogens with two attached hydrogens (primary N) is 1. The number of hydrogen-bond acceptors (Lipinski definition) is 1. The van der Waals surface area contributed by atoms with E-state index >= 15 is 0 Å². The van der Waals surface area contributed by atoms with E-state index < -0.39 is 11.9 Å². The number of aromatic amines is 1. The van der Waals surface area contributed by atoms with Gasteiger partial charge in [0.1, 0.15) is 5.69 Å². The molecular weight excluding hydrogens is 217 g/mol. The van der Waals surface area contributed by atoms with Crippen LogP contribution >= 0.6 is 0 Å². The Morgan fingerprint density at radius 2 is 1.88 bits per heavy atom. The van der Waals surface area contributed by atoms with Crippen molar-refractivity contribution in [2.24, 2.45) is 5.73 Å². The highest BCUT2D eigenvalue weighted by molar-refractivity contribution is 5.84. The van der Waals surface area contributed by atoms with Gasteiger partial charge in [-0.3, -0.25) is 0 Å². The number of alkyl halides is 3. The molecule has 2 aromatic rings. The van der Waals surface area contributed by atoms with E-state index in [1.807, 2.05) is 0 Å². The van der Waals surface area contributed by atoms with Crippen LogP contribution in [0.15, 0.2) is 24.3 Å². The lowest BCUT2D eigenvalue weighted by atomic mass is 10.1. The number of H-pyrrole nitrogens is 1. The molecule has 1 aromatic carbocycles. The maximum atomic E-state index is 12.7. The van der Waals surface area contributed by atoms with Crippen LogP contribution in [0.1, 0.15) is 11.3 Å². The number of nitrogens with one attached hydrogen (secondary N) is 1. The predicted molar refractivity (Wildman–Crippen MR) is 56.1 cm³/mol. The highest BCUT2D eigenvalue weighted by Crippen LogP contribution is 2.35. The van der Waals surface area contributed by atoms with Gasteiger partial charge in [0.25, 0.3) is 0 Å². The molecule has 0 fully saturated rings. The van der Waals surface area contributed by atoms with Crippen LogP contribution in [0.4, 0.5) is 13.2 Å². The molecule has 0 aliphatic rings. The zero-order chi connectivity index (χ0) is 11.8. The molecule has 0 aliphatic heterocycles.